The zero-order valence-electron chi connectivity index (χ0n) is 18.7. The minimum Gasteiger partial charge on any atom is -0.481 e. The van der Waals surface area contributed by atoms with Gasteiger partial charge >= 0.3 is 17.9 Å². The highest BCUT2D eigenvalue weighted by molar-refractivity contribution is 5.96. The largest absolute Gasteiger partial charge is 0.481 e. The maximum Gasteiger partial charge on any atom is 0.356 e. The lowest BCUT2D eigenvalue weighted by atomic mass is 9.89. The van der Waals surface area contributed by atoms with Gasteiger partial charge < -0.3 is 30.7 Å². The molecular formula is C23H30N2O9. The third-order valence-electron chi connectivity index (χ3n) is 5.57. The molecule has 11 heteroatoms. The van der Waals surface area contributed by atoms with Crippen molar-refractivity contribution in [2.45, 2.75) is 63.5 Å². The van der Waals surface area contributed by atoms with Crippen LogP contribution in [0.15, 0.2) is 24.3 Å². The number of ether oxygens (including phenoxy) is 1. The van der Waals surface area contributed by atoms with E-state index in [2.05, 4.69) is 10.6 Å². The minimum absolute atomic E-state index is 0.0161. The predicted octanol–water partition coefficient (Wildman–Crippen LogP) is 1.19. The smallest absolute Gasteiger partial charge is 0.356 e. The number of hydrogen-bond donors (Lipinski definition) is 5. The van der Waals surface area contributed by atoms with E-state index in [1.807, 2.05) is 0 Å². The van der Waals surface area contributed by atoms with Gasteiger partial charge in [0.05, 0.1) is 6.42 Å². The summed E-state index contributed by atoms with van der Waals surface area (Å²) in [6, 6.07) is 4.86. The summed E-state index contributed by atoms with van der Waals surface area (Å²) in [5, 5.41) is 32.1. The van der Waals surface area contributed by atoms with Gasteiger partial charge in [0, 0.05) is 19.4 Å². The Bertz CT molecular complexity index is 865. The Morgan fingerprint density at radius 2 is 1.53 bits per heavy atom. The molecule has 1 saturated carbocycles. The van der Waals surface area contributed by atoms with Crippen LogP contribution in [0.4, 0.5) is 0 Å². The van der Waals surface area contributed by atoms with Crippen molar-refractivity contribution in [2.75, 3.05) is 6.54 Å². The fraction of sp³-hybridized carbons (Fsp3) is 0.522. The number of rotatable bonds is 13. The first kappa shape index (κ1) is 26.6. The first-order valence-corrected chi connectivity index (χ1v) is 11.2. The Kier molecular flexibility index (Phi) is 10.3. The van der Waals surface area contributed by atoms with E-state index in [4.69, 9.17) is 20.1 Å². The zero-order valence-corrected chi connectivity index (χ0v) is 18.7. The summed E-state index contributed by atoms with van der Waals surface area (Å²) >= 11 is 0. The molecule has 0 saturated heterocycles. The summed E-state index contributed by atoms with van der Waals surface area (Å²) in [5.74, 6) is -4.95. The van der Waals surface area contributed by atoms with Crippen LogP contribution in [0, 0.1) is 5.92 Å². The van der Waals surface area contributed by atoms with E-state index in [-0.39, 0.29) is 30.9 Å². The first-order chi connectivity index (χ1) is 16.2. The molecule has 11 nitrogen and oxygen atoms in total. The molecular weight excluding hydrogens is 448 g/mol. The Hall–Kier alpha value is -3.63. The van der Waals surface area contributed by atoms with Crippen molar-refractivity contribution < 1.29 is 44.0 Å². The molecule has 0 radical (unpaired) electrons. The van der Waals surface area contributed by atoms with E-state index in [0.717, 1.165) is 25.7 Å². The lowest BCUT2D eigenvalue weighted by Gasteiger charge is -2.24. The molecule has 1 aliphatic rings. The molecule has 1 unspecified atom stereocenters. The van der Waals surface area contributed by atoms with Gasteiger partial charge in [-0.15, -0.1) is 0 Å². The van der Waals surface area contributed by atoms with Gasteiger partial charge in [-0.25, -0.2) is 9.59 Å². The van der Waals surface area contributed by atoms with E-state index in [1.165, 1.54) is 30.7 Å². The number of carbonyl (C=O) groups excluding carboxylic acids is 2. The van der Waals surface area contributed by atoms with Crippen LogP contribution >= 0.6 is 0 Å². The van der Waals surface area contributed by atoms with Gasteiger partial charge in [-0.3, -0.25) is 14.4 Å². The second-order valence-electron chi connectivity index (χ2n) is 8.29. The van der Waals surface area contributed by atoms with Gasteiger partial charge in [0.15, 0.2) is 0 Å². The highest BCUT2D eigenvalue weighted by atomic mass is 16.5. The number of nitrogens with one attached hydrogen (secondary N) is 2. The van der Waals surface area contributed by atoms with Crippen LogP contribution < -0.4 is 15.4 Å². The number of carboxylic acid groups (broad SMARTS) is 3. The van der Waals surface area contributed by atoms with Crippen molar-refractivity contribution in [3.63, 3.8) is 0 Å². The third kappa shape index (κ3) is 9.08. The number of carbonyl (C=O) groups is 5. The third-order valence-corrected chi connectivity index (χ3v) is 5.57. The van der Waals surface area contributed by atoms with Gasteiger partial charge in [-0.2, -0.15) is 0 Å². The summed E-state index contributed by atoms with van der Waals surface area (Å²) in [7, 11) is 0. The van der Waals surface area contributed by atoms with Crippen LogP contribution in [0.2, 0.25) is 0 Å². The number of amides is 2. The normalized spacial score (nSPS) is 14.7. The second-order valence-corrected chi connectivity index (χ2v) is 8.29. The highest BCUT2D eigenvalue weighted by Gasteiger charge is 2.28. The predicted molar refractivity (Wildman–Crippen MR) is 118 cm³/mol. The fourth-order valence-corrected chi connectivity index (χ4v) is 3.74. The van der Waals surface area contributed by atoms with Crippen LogP contribution in [-0.2, 0) is 30.4 Å². The van der Waals surface area contributed by atoms with E-state index in [9.17, 15) is 24.0 Å². The van der Waals surface area contributed by atoms with Crippen molar-refractivity contribution in [3.05, 3.63) is 29.8 Å². The molecule has 2 rings (SSSR count). The van der Waals surface area contributed by atoms with Crippen LogP contribution in [0.3, 0.4) is 0 Å². The second kappa shape index (κ2) is 13.2. The zero-order chi connectivity index (χ0) is 25.1. The highest BCUT2D eigenvalue weighted by Crippen LogP contribution is 2.23. The molecule has 0 aliphatic heterocycles. The Morgan fingerprint density at radius 1 is 0.912 bits per heavy atom. The van der Waals surface area contributed by atoms with Crippen LogP contribution in [0.5, 0.6) is 5.75 Å². The molecule has 0 heterocycles. The van der Waals surface area contributed by atoms with Crippen molar-refractivity contribution in [2.24, 2.45) is 5.92 Å². The van der Waals surface area contributed by atoms with Crippen LogP contribution in [0.1, 0.15) is 50.5 Å². The molecule has 1 atom stereocenters. The van der Waals surface area contributed by atoms with Crippen LogP contribution in [0.25, 0.3) is 0 Å². The number of hydrogen-bond acceptors (Lipinski definition) is 6. The maximum atomic E-state index is 12.8. The van der Waals surface area contributed by atoms with Gasteiger partial charge in [0.25, 0.3) is 6.10 Å². The monoisotopic (exact) mass is 478 g/mol. The molecule has 2 amide bonds. The van der Waals surface area contributed by atoms with Gasteiger partial charge in [-0.1, -0.05) is 31.4 Å². The summed E-state index contributed by atoms with van der Waals surface area (Å²) in [5.41, 5.74) is 0.603. The number of aliphatic carboxylic acids is 3. The molecule has 5 N–H and O–H groups in total. The van der Waals surface area contributed by atoms with E-state index in [1.54, 1.807) is 0 Å². The molecule has 0 aromatic heterocycles. The molecule has 1 aromatic rings. The maximum absolute atomic E-state index is 12.8. The van der Waals surface area contributed by atoms with Crippen molar-refractivity contribution in [1.29, 1.82) is 0 Å². The van der Waals surface area contributed by atoms with Crippen molar-refractivity contribution in [1.82, 2.24) is 10.6 Å². The van der Waals surface area contributed by atoms with E-state index < -0.39 is 36.0 Å². The summed E-state index contributed by atoms with van der Waals surface area (Å²) in [6.07, 6.45) is 2.91. The molecule has 1 aliphatic carbocycles. The lowest BCUT2D eigenvalue weighted by molar-refractivity contribution is -0.159. The molecule has 186 valence electrons. The summed E-state index contributed by atoms with van der Waals surface area (Å²) in [6.45, 7) is 0.499. The quantitative estimate of drug-likeness (QED) is 0.260. The lowest BCUT2D eigenvalue weighted by Crippen LogP contribution is -2.49. The van der Waals surface area contributed by atoms with E-state index in [0.29, 0.717) is 18.0 Å². The Morgan fingerprint density at radius 3 is 2.09 bits per heavy atom. The molecule has 0 bridgehead atoms. The topological polar surface area (TPSA) is 179 Å². The summed E-state index contributed by atoms with van der Waals surface area (Å²) < 4.78 is 4.97. The molecule has 34 heavy (non-hydrogen) atoms. The summed E-state index contributed by atoms with van der Waals surface area (Å²) in [4.78, 5) is 57.7. The average Bonchev–Trinajstić information content (AvgIpc) is 2.80. The molecule has 1 aromatic carbocycles. The van der Waals surface area contributed by atoms with Crippen LogP contribution in [-0.4, -0.2) is 63.7 Å². The van der Waals surface area contributed by atoms with Crippen molar-refractivity contribution >= 4 is 29.7 Å². The SMILES string of the molecule is O=C(O)CCC(=O)NC(Cc1ccc(OC(C(=O)O)C(=O)O)cc1)C(=O)NCC1CCCCC1. The van der Waals surface area contributed by atoms with Crippen molar-refractivity contribution in [3.8, 4) is 5.75 Å². The van der Waals surface area contributed by atoms with Gasteiger partial charge in [0.1, 0.15) is 11.8 Å². The standard InChI is InChI=1S/C23H30N2O9/c26-18(10-11-19(27)28)25-17(21(29)24-13-15-4-2-1-3-5-15)12-14-6-8-16(9-7-14)34-20(22(30)31)23(32)33/h6-9,15,17,20H,1-5,10-13H2,(H,24,29)(H,25,26)(H,27,28)(H,30,31)(H,32,33). The first-order valence-electron chi connectivity index (χ1n) is 11.2. The molecule has 0 spiro atoms. The minimum atomic E-state index is -2.06. The Labute approximate surface area is 196 Å². The number of carboxylic acids is 3. The average molecular weight is 478 g/mol. The fourth-order valence-electron chi connectivity index (χ4n) is 3.74. The van der Waals surface area contributed by atoms with E-state index >= 15 is 0 Å². The van der Waals surface area contributed by atoms with Gasteiger partial charge in [-0.05, 0) is 36.5 Å². The molecule has 1 fully saturated rings. The number of benzene rings is 1. The Balaban J connectivity index is 2.04. The van der Waals surface area contributed by atoms with Gasteiger partial charge in [0.2, 0.25) is 11.8 Å².